The average Bonchev–Trinajstić information content (AvgIpc) is 3.63. The van der Waals surface area contributed by atoms with Crippen LogP contribution in [0, 0.1) is 0 Å². The van der Waals surface area contributed by atoms with Gasteiger partial charge < -0.3 is 9.67 Å². The summed E-state index contributed by atoms with van der Waals surface area (Å²) in [6.07, 6.45) is 0. The summed E-state index contributed by atoms with van der Waals surface area (Å²) in [4.78, 5) is 5.23. The van der Waals surface area contributed by atoms with E-state index in [1.165, 1.54) is 32.3 Å². The number of aromatic nitrogens is 2. The summed E-state index contributed by atoms with van der Waals surface area (Å²) in [5.74, 6) is 0.239. The molecule has 0 bridgehead atoms. The Labute approximate surface area is 254 Å². The lowest BCUT2D eigenvalue weighted by atomic mass is 9.85. The van der Waals surface area contributed by atoms with Crippen LogP contribution in [-0.4, -0.2) is 14.7 Å². The average molecular weight is 575 g/mol. The largest absolute Gasteiger partial charge is 0.505 e. The molecule has 8 aromatic rings. The van der Waals surface area contributed by atoms with Crippen LogP contribution in [0.5, 0.6) is 5.75 Å². The van der Waals surface area contributed by atoms with Crippen LogP contribution in [0.25, 0.3) is 70.9 Å². The molecular weight excluding hydrogens is 545 g/mol. The first-order valence-electron chi connectivity index (χ1n) is 14.6. The molecule has 4 heteroatoms. The third-order valence-corrected chi connectivity index (χ3v) is 9.41. The molecule has 8 rings (SSSR count). The first kappa shape index (κ1) is 25.8. The zero-order chi connectivity index (χ0) is 29.3. The molecule has 2 heterocycles. The second kappa shape index (κ2) is 9.55. The quantitative estimate of drug-likeness (QED) is 0.213. The highest BCUT2D eigenvalue weighted by Crippen LogP contribution is 2.45. The van der Waals surface area contributed by atoms with E-state index >= 15 is 0 Å². The lowest BCUT2D eigenvalue weighted by Crippen LogP contribution is -2.12. The maximum atomic E-state index is 12.1. The smallest absolute Gasteiger partial charge is 0.149 e. The van der Waals surface area contributed by atoms with Crippen LogP contribution in [0.1, 0.15) is 26.3 Å². The minimum Gasteiger partial charge on any atom is -0.505 e. The molecule has 0 radical (unpaired) electrons. The Morgan fingerprint density at radius 3 is 1.77 bits per heavy atom. The topological polar surface area (TPSA) is 38.1 Å². The van der Waals surface area contributed by atoms with Crippen LogP contribution >= 0.6 is 11.3 Å². The summed E-state index contributed by atoms with van der Waals surface area (Å²) < 4.78 is 2.20. The van der Waals surface area contributed by atoms with E-state index in [2.05, 4.69) is 146 Å². The Hall–Kier alpha value is -4.93. The van der Waals surface area contributed by atoms with Crippen LogP contribution in [0.15, 0.2) is 121 Å². The van der Waals surface area contributed by atoms with Gasteiger partial charge in [-0.15, -0.1) is 11.3 Å². The van der Waals surface area contributed by atoms with Gasteiger partial charge >= 0.3 is 0 Å². The molecule has 1 N–H and O–H groups in total. The van der Waals surface area contributed by atoms with Crippen molar-refractivity contribution in [2.75, 3.05) is 0 Å². The molecule has 0 spiro atoms. The number of fused-ring (bicyclic) bond motifs is 5. The summed E-state index contributed by atoms with van der Waals surface area (Å²) in [6.45, 7) is 6.65. The van der Waals surface area contributed by atoms with Crippen molar-refractivity contribution in [1.29, 1.82) is 0 Å². The van der Waals surface area contributed by atoms with E-state index in [4.69, 9.17) is 4.98 Å². The van der Waals surface area contributed by atoms with Gasteiger partial charge in [0.25, 0.3) is 0 Å². The Balaban J connectivity index is 1.39. The molecule has 0 unspecified atom stereocenters. The summed E-state index contributed by atoms with van der Waals surface area (Å²) in [5.41, 5.74) is 6.72. The van der Waals surface area contributed by atoms with Crippen LogP contribution in [-0.2, 0) is 5.41 Å². The molecular formula is C39H30N2OS. The van der Waals surface area contributed by atoms with Gasteiger partial charge in [-0.05, 0) is 62.9 Å². The summed E-state index contributed by atoms with van der Waals surface area (Å²) in [7, 11) is 0. The lowest BCUT2D eigenvalue weighted by molar-refractivity contribution is 0.474. The van der Waals surface area contributed by atoms with Crippen LogP contribution in [0.2, 0.25) is 0 Å². The molecule has 0 fully saturated rings. The van der Waals surface area contributed by atoms with E-state index in [1.807, 2.05) is 0 Å². The maximum absolute atomic E-state index is 12.1. The zero-order valence-corrected chi connectivity index (χ0v) is 25.1. The first-order valence-corrected chi connectivity index (χ1v) is 15.5. The molecule has 0 amide bonds. The van der Waals surface area contributed by atoms with Crippen molar-refractivity contribution >= 4 is 54.7 Å². The van der Waals surface area contributed by atoms with Crippen molar-refractivity contribution in [2.45, 2.75) is 26.2 Å². The number of para-hydroxylation sites is 2. The number of rotatable bonds is 3. The lowest BCUT2D eigenvalue weighted by Gasteiger charge is -2.23. The van der Waals surface area contributed by atoms with Gasteiger partial charge in [-0.3, -0.25) is 0 Å². The van der Waals surface area contributed by atoms with Gasteiger partial charge in [-0.2, -0.15) is 0 Å². The van der Waals surface area contributed by atoms with Crippen molar-refractivity contribution in [3.8, 4) is 33.3 Å². The summed E-state index contributed by atoms with van der Waals surface area (Å²) in [6, 6.07) is 40.4. The fourth-order valence-electron chi connectivity index (χ4n) is 6.37. The molecule has 0 aliphatic heterocycles. The predicted molar refractivity (Wildman–Crippen MR) is 183 cm³/mol. The van der Waals surface area contributed by atoms with Gasteiger partial charge in [0.05, 0.1) is 28.0 Å². The fourth-order valence-corrected chi connectivity index (χ4v) is 7.20. The molecule has 43 heavy (non-hydrogen) atoms. The van der Waals surface area contributed by atoms with Gasteiger partial charge in [0.15, 0.2) is 0 Å². The van der Waals surface area contributed by atoms with E-state index in [9.17, 15) is 5.11 Å². The monoisotopic (exact) mass is 574 g/mol. The Morgan fingerprint density at radius 2 is 1.19 bits per heavy atom. The van der Waals surface area contributed by atoms with E-state index in [1.54, 1.807) is 11.3 Å². The molecule has 3 nitrogen and oxygen atoms in total. The molecule has 208 valence electrons. The number of hydrogen-bond acceptors (Lipinski definition) is 3. The van der Waals surface area contributed by atoms with E-state index in [-0.39, 0.29) is 11.2 Å². The molecule has 0 atom stereocenters. The van der Waals surface area contributed by atoms with Crippen LogP contribution in [0.3, 0.4) is 0 Å². The van der Waals surface area contributed by atoms with E-state index < -0.39 is 0 Å². The zero-order valence-electron chi connectivity index (χ0n) is 24.3. The minimum atomic E-state index is -0.137. The molecule has 0 aliphatic rings. The number of phenolic OH excluding ortho intramolecular Hbond substituents is 1. The third-order valence-electron chi connectivity index (χ3n) is 8.54. The van der Waals surface area contributed by atoms with Gasteiger partial charge in [0, 0.05) is 21.7 Å². The summed E-state index contributed by atoms with van der Waals surface area (Å²) >= 11 is 1.58. The highest BCUT2D eigenvalue weighted by Gasteiger charge is 2.24. The highest BCUT2D eigenvalue weighted by atomic mass is 32.1. The maximum Gasteiger partial charge on any atom is 0.149 e. The van der Waals surface area contributed by atoms with E-state index in [0.29, 0.717) is 0 Å². The van der Waals surface area contributed by atoms with Crippen LogP contribution in [0.4, 0.5) is 0 Å². The fraction of sp³-hybridized carbons (Fsp3) is 0.103. The SMILES string of the molecule is CC(C)(C)c1cc(-c2nc(-c3c4ccccc4cc4ccccc34)cs2)c(O)c(-n2c3ccccc3c3ccccc32)c1. The number of hydrogen-bond donors (Lipinski definition) is 1. The molecule has 0 aliphatic carbocycles. The number of thiazole rings is 1. The standard InChI is InChI=1S/C39H30N2OS/c1-39(2,3)26-21-31(37(42)35(22-26)41-33-18-10-8-16-29(33)30-17-9-11-19-34(30)41)38-40-32(23-43-38)36-27-14-6-4-12-24(27)20-25-13-5-7-15-28(25)36/h4-23,42H,1-3H3. The van der Waals surface area contributed by atoms with E-state index in [0.717, 1.165) is 44.1 Å². The molecule has 2 aromatic heterocycles. The van der Waals surface area contributed by atoms with Crippen molar-refractivity contribution < 1.29 is 5.11 Å². The van der Waals surface area contributed by atoms with Crippen molar-refractivity contribution in [2.24, 2.45) is 0 Å². The Kier molecular flexibility index (Phi) is 5.72. The Morgan fingerprint density at radius 1 is 0.651 bits per heavy atom. The first-order chi connectivity index (χ1) is 20.9. The minimum absolute atomic E-state index is 0.137. The molecule has 0 saturated heterocycles. The highest BCUT2D eigenvalue weighted by molar-refractivity contribution is 7.13. The summed E-state index contributed by atoms with van der Waals surface area (Å²) in [5, 5.41) is 22.1. The van der Waals surface area contributed by atoms with Crippen molar-refractivity contribution in [3.63, 3.8) is 0 Å². The number of aromatic hydroxyl groups is 1. The van der Waals surface area contributed by atoms with Gasteiger partial charge in [-0.25, -0.2) is 4.98 Å². The number of benzene rings is 6. The third kappa shape index (κ3) is 4.05. The second-order valence-electron chi connectivity index (χ2n) is 12.2. The second-order valence-corrected chi connectivity index (χ2v) is 13.1. The molecule has 0 saturated carbocycles. The number of nitrogens with zero attached hydrogens (tertiary/aromatic N) is 2. The van der Waals surface area contributed by atoms with Crippen molar-refractivity contribution in [3.05, 3.63) is 126 Å². The normalized spacial score (nSPS) is 12.2. The number of phenols is 1. The Bertz CT molecular complexity index is 2250. The van der Waals surface area contributed by atoms with Crippen LogP contribution < -0.4 is 0 Å². The van der Waals surface area contributed by atoms with Crippen molar-refractivity contribution in [1.82, 2.24) is 9.55 Å². The van der Waals surface area contributed by atoms with Gasteiger partial charge in [0.1, 0.15) is 10.8 Å². The predicted octanol–water partition coefficient (Wildman–Crippen LogP) is 10.9. The van der Waals surface area contributed by atoms with Gasteiger partial charge in [-0.1, -0.05) is 106 Å². The van der Waals surface area contributed by atoms with Gasteiger partial charge in [0.2, 0.25) is 0 Å². The molecule has 6 aromatic carbocycles.